The summed E-state index contributed by atoms with van der Waals surface area (Å²) < 4.78 is 65.1. The Hall–Kier alpha value is -2.15. The van der Waals surface area contributed by atoms with E-state index >= 15 is 0 Å². The van der Waals surface area contributed by atoms with E-state index in [-0.39, 0.29) is 21.2 Å². The number of pyridine rings is 1. The average molecular weight is 489 g/mol. The third-order valence-electron chi connectivity index (χ3n) is 4.90. The van der Waals surface area contributed by atoms with E-state index in [9.17, 15) is 26.4 Å². The molecule has 2 aromatic rings. The lowest BCUT2D eigenvalue weighted by molar-refractivity contribution is -0.105. The maximum Gasteiger partial charge on any atom is 0.398 e. The Morgan fingerprint density at radius 1 is 1.16 bits per heavy atom. The number of likely N-dealkylation sites (N-methyl/N-ethyl adjacent to an activating group) is 1. The molecule has 1 aliphatic rings. The molecule has 32 heavy (non-hydrogen) atoms. The van der Waals surface area contributed by atoms with Crippen molar-refractivity contribution in [2.24, 2.45) is 0 Å². The Morgan fingerprint density at radius 2 is 1.88 bits per heavy atom. The molecular weight excluding hydrogens is 465 g/mol. The van der Waals surface area contributed by atoms with Gasteiger partial charge in [-0.2, -0.15) is 17.5 Å². The van der Waals surface area contributed by atoms with Crippen molar-refractivity contribution in [1.82, 2.24) is 14.2 Å². The van der Waals surface area contributed by atoms with Crippen LogP contribution in [0.25, 0.3) is 0 Å². The monoisotopic (exact) mass is 488 g/mol. The van der Waals surface area contributed by atoms with Crippen LogP contribution in [0.5, 0.6) is 0 Å². The minimum Gasteiger partial charge on any atom is -0.322 e. The average Bonchev–Trinajstić information content (AvgIpc) is 2.77. The summed E-state index contributed by atoms with van der Waals surface area (Å²) in [5.41, 5.74) is 0.199. The summed E-state index contributed by atoms with van der Waals surface area (Å²) in [5, 5.41) is 2.51. The van der Waals surface area contributed by atoms with Crippen LogP contribution in [0, 0.1) is 0 Å². The number of alkyl halides is 3. The molecule has 0 unspecified atom stereocenters. The highest BCUT2D eigenvalue weighted by Crippen LogP contribution is 2.29. The first-order valence-electron chi connectivity index (χ1n) is 9.88. The first-order chi connectivity index (χ1) is 15.1. The second-order valence-corrected chi connectivity index (χ2v) is 9.98. The topological polar surface area (TPSA) is 82.6 Å². The number of benzene rings is 1. The molecule has 3 rings (SSSR count). The number of nitrogens with one attached hydrogen (secondary N) is 1. The fraction of sp³-hybridized carbons (Fsp3) is 0.400. The van der Waals surface area contributed by atoms with Gasteiger partial charge in [0.2, 0.25) is 10.0 Å². The summed E-state index contributed by atoms with van der Waals surface area (Å²) in [7, 11) is -3.74. The smallest absolute Gasteiger partial charge is 0.322 e. The zero-order valence-electron chi connectivity index (χ0n) is 17.3. The minimum absolute atomic E-state index is 0.0225. The van der Waals surface area contributed by atoms with Gasteiger partial charge in [0.25, 0.3) is 5.91 Å². The molecule has 12 heteroatoms. The summed E-state index contributed by atoms with van der Waals surface area (Å²) in [6.45, 7) is 4.92. The van der Waals surface area contributed by atoms with Crippen molar-refractivity contribution in [1.29, 1.82) is 0 Å². The second-order valence-electron chi connectivity index (χ2n) is 7.08. The van der Waals surface area contributed by atoms with Gasteiger partial charge in [-0.1, -0.05) is 24.8 Å². The number of sulfonamides is 1. The van der Waals surface area contributed by atoms with Crippen LogP contribution >= 0.6 is 11.8 Å². The van der Waals surface area contributed by atoms with E-state index in [1.54, 1.807) is 0 Å². The SMILES string of the molecule is CCN1CCN(S(=O)(=O)c2cccc(NC(=O)c3cccnc3SCC(F)(F)F)c2)CC1. The third-order valence-corrected chi connectivity index (χ3v) is 7.86. The molecule has 0 bridgehead atoms. The number of hydrogen-bond donors (Lipinski definition) is 1. The molecule has 0 aliphatic carbocycles. The number of thioether (sulfide) groups is 1. The quantitative estimate of drug-likeness (QED) is 0.603. The number of halogens is 3. The fourth-order valence-electron chi connectivity index (χ4n) is 3.20. The molecule has 0 saturated carbocycles. The van der Waals surface area contributed by atoms with Crippen molar-refractivity contribution in [2.45, 2.75) is 23.0 Å². The van der Waals surface area contributed by atoms with Crippen LogP contribution in [-0.4, -0.2) is 73.2 Å². The molecule has 1 fully saturated rings. The van der Waals surface area contributed by atoms with Crippen molar-refractivity contribution in [3.8, 4) is 0 Å². The molecule has 174 valence electrons. The molecular formula is C20H23F3N4O3S2. The Labute approximate surface area is 189 Å². The Bertz CT molecular complexity index is 1060. The Balaban J connectivity index is 1.75. The molecule has 2 heterocycles. The highest BCUT2D eigenvalue weighted by Gasteiger charge is 2.30. The van der Waals surface area contributed by atoms with Gasteiger partial charge >= 0.3 is 6.18 Å². The third kappa shape index (κ3) is 6.21. The number of carbonyl (C=O) groups is 1. The van der Waals surface area contributed by atoms with E-state index in [2.05, 4.69) is 15.2 Å². The van der Waals surface area contributed by atoms with Crippen LogP contribution in [0.15, 0.2) is 52.5 Å². The second kappa shape index (κ2) is 10.2. The number of amides is 1. The maximum atomic E-state index is 13.0. The molecule has 1 amide bonds. The highest BCUT2D eigenvalue weighted by atomic mass is 32.2. The van der Waals surface area contributed by atoms with Gasteiger partial charge in [-0.15, -0.1) is 0 Å². The number of anilines is 1. The van der Waals surface area contributed by atoms with E-state index in [1.807, 2.05) is 6.92 Å². The van der Waals surface area contributed by atoms with Crippen molar-refractivity contribution < 1.29 is 26.4 Å². The van der Waals surface area contributed by atoms with Gasteiger partial charge < -0.3 is 10.2 Å². The summed E-state index contributed by atoms with van der Waals surface area (Å²) in [6.07, 6.45) is -3.10. The number of carbonyl (C=O) groups excluding carboxylic acids is 1. The molecule has 0 radical (unpaired) electrons. The predicted octanol–water partition coefficient (Wildman–Crippen LogP) is 3.31. The van der Waals surface area contributed by atoms with E-state index in [0.29, 0.717) is 37.9 Å². The summed E-state index contributed by atoms with van der Waals surface area (Å²) in [6, 6.07) is 8.64. The van der Waals surface area contributed by atoms with Crippen LogP contribution in [0.3, 0.4) is 0 Å². The number of nitrogens with zero attached hydrogens (tertiary/aromatic N) is 3. The number of hydrogen-bond acceptors (Lipinski definition) is 6. The predicted molar refractivity (Wildman–Crippen MR) is 116 cm³/mol. The standard InChI is InChI=1S/C20H23F3N4O3S2/c1-2-26-9-11-27(12-10-26)32(29,30)16-6-3-5-15(13-16)25-18(28)17-7-4-8-24-19(17)31-14-20(21,22)23/h3-8,13H,2,9-12,14H2,1H3,(H,25,28). The van der Waals surface area contributed by atoms with Gasteiger partial charge in [-0.3, -0.25) is 4.79 Å². The van der Waals surface area contributed by atoms with E-state index in [4.69, 9.17) is 0 Å². The van der Waals surface area contributed by atoms with Crippen molar-refractivity contribution in [3.63, 3.8) is 0 Å². The summed E-state index contributed by atoms with van der Waals surface area (Å²) >= 11 is 0.418. The van der Waals surface area contributed by atoms with E-state index in [1.165, 1.54) is 46.9 Å². The Kier molecular flexibility index (Phi) is 7.80. The number of aromatic nitrogens is 1. The molecule has 1 N–H and O–H groups in total. The lowest BCUT2D eigenvalue weighted by atomic mass is 10.2. The largest absolute Gasteiger partial charge is 0.398 e. The van der Waals surface area contributed by atoms with Crippen LogP contribution in [0.2, 0.25) is 0 Å². The van der Waals surface area contributed by atoms with Crippen LogP contribution in [0.4, 0.5) is 18.9 Å². The van der Waals surface area contributed by atoms with E-state index < -0.39 is 27.9 Å². The first kappa shape index (κ1) is 24.5. The van der Waals surface area contributed by atoms with Gasteiger partial charge in [0.1, 0.15) is 5.03 Å². The molecule has 1 saturated heterocycles. The fourth-order valence-corrected chi connectivity index (χ4v) is 5.42. The van der Waals surface area contributed by atoms with Gasteiger partial charge in [-0.25, -0.2) is 13.4 Å². The zero-order valence-corrected chi connectivity index (χ0v) is 18.9. The molecule has 7 nitrogen and oxygen atoms in total. The minimum atomic E-state index is -4.40. The van der Waals surface area contributed by atoms with E-state index in [0.717, 1.165) is 6.54 Å². The zero-order chi connectivity index (χ0) is 23.4. The Morgan fingerprint density at radius 3 is 2.53 bits per heavy atom. The first-order valence-corrected chi connectivity index (χ1v) is 12.3. The van der Waals surface area contributed by atoms with Gasteiger partial charge in [0, 0.05) is 38.1 Å². The lowest BCUT2D eigenvalue weighted by Gasteiger charge is -2.33. The number of rotatable bonds is 7. The lowest BCUT2D eigenvalue weighted by Crippen LogP contribution is -2.48. The van der Waals surface area contributed by atoms with Crippen molar-refractivity contribution in [3.05, 3.63) is 48.2 Å². The van der Waals surface area contributed by atoms with Crippen LogP contribution in [0.1, 0.15) is 17.3 Å². The van der Waals surface area contributed by atoms with Crippen molar-refractivity contribution >= 4 is 33.4 Å². The van der Waals surface area contributed by atoms with Crippen LogP contribution in [-0.2, 0) is 10.0 Å². The molecule has 1 aromatic heterocycles. The summed E-state index contributed by atoms with van der Waals surface area (Å²) in [5.74, 6) is -1.85. The van der Waals surface area contributed by atoms with Crippen LogP contribution < -0.4 is 5.32 Å². The van der Waals surface area contributed by atoms with Gasteiger partial charge in [0.05, 0.1) is 16.2 Å². The maximum absolute atomic E-state index is 13.0. The highest BCUT2D eigenvalue weighted by molar-refractivity contribution is 7.99. The summed E-state index contributed by atoms with van der Waals surface area (Å²) in [4.78, 5) is 18.7. The number of piperazine rings is 1. The molecule has 1 aromatic carbocycles. The van der Waals surface area contributed by atoms with Gasteiger partial charge in [0.15, 0.2) is 0 Å². The molecule has 0 atom stereocenters. The normalized spacial score (nSPS) is 16.1. The van der Waals surface area contributed by atoms with Gasteiger partial charge in [-0.05, 0) is 36.9 Å². The molecule has 0 spiro atoms. The van der Waals surface area contributed by atoms with Crippen molar-refractivity contribution in [2.75, 3.05) is 43.8 Å². The molecule has 1 aliphatic heterocycles.